The third kappa shape index (κ3) is 3.71. The molecule has 1 atom stereocenters. The molecular weight excluding hydrogens is 206 g/mol. The van der Waals surface area contributed by atoms with Crippen LogP contribution in [-0.4, -0.2) is 48.0 Å². The van der Waals surface area contributed by atoms with Crippen LogP contribution < -0.4 is 5.73 Å². The lowest BCUT2D eigenvalue weighted by atomic mass is 10.2. The monoisotopic (exact) mass is 224 g/mol. The molecule has 2 N–H and O–H groups in total. The van der Waals surface area contributed by atoms with Gasteiger partial charge < -0.3 is 5.73 Å². The maximum atomic E-state index is 13.1. The summed E-state index contributed by atoms with van der Waals surface area (Å²) in [6.07, 6.45) is 0.991. The Morgan fingerprint density at radius 3 is 2.86 bits per heavy atom. The highest BCUT2D eigenvalue weighted by atomic mass is 32.2. The van der Waals surface area contributed by atoms with Gasteiger partial charge in [-0.2, -0.15) is 11.8 Å². The van der Waals surface area contributed by atoms with Gasteiger partial charge in [-0.15, -0.1) is 0 Å². The molecule has 0 bridgehead atoms. The van der Waals surface area contributed by atoms with E-state index in [1.54, 1.807) is 0 Å². The number of nitrogens with zero attached hydrogens (tertiary/aromatic N) is 1. The Morgan fingerprint density at radius 1 is 1.50 bits per heavy atom. The first-order valence-corrected chi connectivity index (χ1v) is 6.10. The van der Waals surface area contributed by atoms with E-state index in [4.69, 9.17) is 5.73 Å². The number of hydrogen-bond donors (Lipinski definition) is 1. The first kappa shape index (κ1) is 12.2. The van der Waals surface area contributed by atoms with Crippen LogP contribution in [0, 0.1) is 0 Å². The van der Waals surface area contributed by atoms with Gasteiger partial charge in [0.15, 0.2) is 0 Å². The fourth-order valence-electron chi connectivity index (χ4n) is 1.54. The lowest BCUT2D eigenvalue weighted by Gasteiger charge is -2.29. The molecule has 5 heteroatoms. The molecule has 1 heterocycles. The smallest absolute Gasteiger partial charge is 0.272 e. The van der Waals surface area contributed by atoms with Crippen molar-refractivity contribution in [1.29, 1.82) is 0 Å². The first-order valence-electron chi connectivity index (χ1n) is 4.95. The summed E-state index contributed by atoms with van der Waals surface area (Å²) in [6, 6.07) is 0.252. The predicted octanol–water partition coefficient (Wildman–Crippen LogP) is 1.41. The number of halogens is 2. The Labute approximate surface area is 88.2 Å². The highest BCUT2D eigenvalue weighted by molar-refractivity contribution is 7.99. The van der Waals surface area contributed by atoms with Crippen molar-refractivity contribution in [3.8, 4) is 0 Å². The number of alkyl halides is 2. The molecule has 0 aromatic heterocycles. The quantitative estimate of drug-likeness (QED) is 0.786. The second-order valence-corrected chi connectivity index (χ2v) is 5.01. The summed E-state index contributed by atoms with van der Waals surface area (Å²) >= 11 is 1.84. The third-order valence-corrected chi connectivity index (χ3v) is 3.55. The molecule has 0 amide bonds. The molecule has 0 aliphatic carbocycles. The van der Waals surface area contributed by atoms with E-state index in [0.29, 0.717) is 0 Å². The number of rotatable bonds is 3. The average Bonchev–Trinajstić information content (AvgIpc) is 2.32. The molecule has 0 aromatic carbocycles. The minimum absolute atomic E-state index is 0.189. The number of nitrogens with two attached hydrogens (primary N) is 1. The molecule has 84 valence electrons. The van der Waals surface area contributed by atoms with Crippen molar-refractivity contribution in [3.05, 3.63) is 0 Å². The Morgan fingerprint density at radius 2 is 2.21 bits per heavy atom. The molecule has 0 aromatic rings. The van der Waals surface area contributed by atoms with Crippen molar-refractivity contribution in [1.82, 2.24) is 4.90 Å². The second-order valence-electron chi connectivity index (χ2n) is 3.78. The molecule has 1 unspecified atom stereocenters. The van der Waals surface area contributed by atoms with Gasteiger partial charge in [-0.1, -0.05) is 0 Å². The van der Waals surface area contributed by atoms with Crippen molar-refractivity contribution in [2.45, 2.75) is 25.3 Å². The van der Waals surface area contributed by atoms with Crippen LogP contribution in [0.3, 0.4) is 0 Å². The van der Waals surface area contributed by atoms with Crippen LogP contribution >= 0.6 is 11.8 Å². The van der Waals surface area contributed by atoms with Gasteiger partial charge in [0.05, 0.1) is 13.1 Å². The molecule has 14 heavy (non-hydrogen) atoms. The van der Waals surface area contributed by atoms with Gasteiger partial charge in [-0.25, -0.2) is 8.78 Å². The highest BCUT2D eigenvalue weighted by Gasteiger charge is 2.32. The molecule has 1 fully saturated rings. The van der Waals surface area contributed by atoms with Crippen molar-refractivity contribution < 1.29 is 8.78 Å². The minimum Gasteiger partial charge on any atom is -0.325 e. The van der Waals surface area contributed by atoms with Gasteiger partial charge in [-0.3, -0.25) is 4.90 Å². The molecule has 2 nitrogen and oxygen atoms in total. The van der Waals surface area contributed by atoms with E-state index in [9.17, 15) is 8.78 Å². The third-order valence-electron chi connectivity index (χ3n) is 2.56. The Balaban J connectivity index is 2.48. The van der Waals surface area contributed by atoms with E-state index in [-0.39, 0.29) is 12.6 Å². The van der Waals surface area contributed by atoms with Crippen LogP contribution in [0.1, 0.15) is 13.3 Å². The van der Waals surface area contributed by atoms with Crippen LogP contribution in [0.2, 0.25) is 0 Å². The van der Waals surface area contributed by atoms with Crippen molar-refractivity contribution in [2.24, 2.45) is 5.73 Å². The summed E-state index contributed by atoms with van der Waals surface area (Å²) in [5, 5.41) is 0. The maximum Gasteiger partial charge on any atom is 0.272 e. The Kier molecular flexibility index (Phi) is 4.60. The van der Waals surface area contributed by atoms with E-state index < -0.39 is 12.5 Å². The largest absolute Gasteiger partial charge is 0.325 e. The van der Waals surface area contributed by atoms with Crippen LogP contribution in [0.4, 0.5) is 8.78 Å². The van der Waals surface area contributed by atoms with Gasteiger partial charge in [0.2, 0.25) is 0 Å². The van der Waals surface area contributed by atoms with E-state index in [0.717, 1.165) is 24.5 Å². The molecule has 0 radical (unpaired) electrons. The van der Waals surface area contributed by atoms with E-state index in [1.165, 1.54) is 0 Å². The van der Waals surface area contributed by atoms with Crippen LogP contribution in [0.15, 0.2) is 0 Å². The van der Waals surface area contributed by atoms with Gasteiger partial charge >= 0.3 is 0 Å². The van der Waals surface area contributed by atoms with Gasteiger partial charge in [0, 0.05) is 18.3 Å². The highest BCUT2D eigenvalue weighted by Crippen LogP contribution is 2.20. The summed E-state index contributed by atoms with van der Waals surface area (Å²) in [6.45, 7) is 2.02. The van der Waals surface area contributed by atoms with Gasteiger partial charge in [0.1, 0.15) is 0 Å². The van der Waals surface area contributed by atoms with E-state index in [2.05, 4.69) is 0 Å². The van der Waals surface area contributed by atoms with Gasteiger partial charge in [0.25, 0.3) is 5.92 Å². The standard InChI is InChI=1S/C9H18F2N2S/c1-8-2-4-14-5-3-13(8)7-9(10,11)6-12/h8H,2-7,12H2,1H3. The topological polar surface area (TPSA) is 29.3 Å². The summed E-state index contributed by atoms with van der Waals surface area (Å²) in [5.74, 6) is -0.708. The van der Waals surface area contributed by atoms with Crippen LogP contribution in [-0.2, 0) is 0 Å². The van der Waals surface area contributed by atoms with Gasteiger partial charge in [-0.05, 0) is 19.1 Å². The molecule has 0 saturated carbocycles. The minimum atomic E-state index is -2.73. The molecule has 1 aliphatic heterocycles. The summed E-state index contributed by atoms with van der Waals surface area (Å²) in [5.41, 5.74) is 5.03. The number of hydrogen-bond acceptors (Lipinski definition) is 3. The summed E-state index contributed by atoms with van der Waals surface area (Å²) < 4.78 is 26.1. The zero-order valence-corrected chi connectivity index (χ0v) is 9.33. The molecule has 1 rings (SSSR count). The molecule has 0 spiro atoms. The van der Waals surface area contributed by atoms with Crippen molar-refractivity contribution in [3.63, 3.8) is 0 Å². The van der Waals surface area contributed by atoms with Crippen molar-refractivity contribution in [2.75, 3.05) is 31.1 Å². The zero-order chi connectivity index (χ0) is 10.6. The first-order chi connectivity index (χ1) is 6.55. The average molecular weight is 224 g/mol. The van der Waals surface area contributed by atoms with Crippen LogP contribution in [0.25, 0.3) is 0 Å². The molecular formula is C9H18F2N2S. The maximum absolute atomic E-state index is 13.1. The van der Waals surface area contributed by atoms with Crippen LogP contribution in [0.5, 0.6) is 0 Å². The normalized spacial score (nSPS) is 26.1. The SMILES string of the molecule is CC1CCSCCN1CC(F)(F)CN. The summed E-state index contributed by atoms with van der Waals surface area (Å²) in [7, 11) is 0. The molecule has 1 saturated heterocycles. The lowest BCUT2D eigenvalue weighted by molar-refractivity contribution is -0.0307. The zero-order valence-electron chi connectivity index (χ0n) is 8.51. The number of thioether (sulfide) groups is 1. The Bertz CT molecular complexity index is 178. The van der Waals surface area contributed by atoms with Crippen molar-refractivity contribution >= 4 is 11.8 Å². The summed E-state index contributed by atoms with van der Waals surface area (Å²) in [4.78, 5) is 1.85. The fraction of sp³-hybridized carbons (Fsp3) is 1.00. The van der Waals surface area contributed by atoms with E-state index >= 15 is 0 Å². The second kappa shape index (κ2) is 5.28. The Hall–Kier alpha value is 0.130. The fourth-order valence-corrected chi connectivity index (χ4v) is 2.61. The predicted molar refractivity (Wildman–Crippen MR) is 57.0 cm³/mol. The van der Waals surface area contributed by atoms with E-state index in [1.807, 2.05) is 23.6 Å². The molecule has 1 aliphatic rings. The lowest BCUT2D eigenvalue weighted by Crippen LogP contribution is -2.45.